The maximum absolute atomic E-state index is 6.44. The molecule has 5 fully saturated rings. The van der Waals surface area contributed by atoms with E-state index in [2.05, 4.69) is 26.1 Å². The van der Waals surface area contributed by atoms with E-state index in [4.69, 9.17) is 9.31 Å². The van der Waals surface area contributed by atoms with Gasteiger partial charge in [-0.1, -0.05) is 13.8 Å². The summed E-state index contributed by atoms with van der Waals surface area (Å²) >= 11 is 0. The highest BCUT2D eigenvalue weighted by atomic mass is 16.7. The molecule has 5 atom stereocenters. The topological polar surface area (TPSA) is 30.5 Å². The minimum Gasteiger partial charge on any atom is -0.404 e. The van der Waals surface area contributed by atoms with Gasteiger partial charge < -0.3 is 14.6 Å². The summed E-state index contributed by atoms with van der Waals surface area (Å²) in [4.78, 5) is 0. The molecule has 0 aromatic rings. The van der Waals surface area contributed by atoms with Crippen LogP contribution in [0.1, 0.15) is 46.5 Å². The summed E-state index contributed by atoms with van der Waals surface area (Å²) in [6.45, 7) is 8.25. The van der Waals surface area contributed by atoms with Crippen LogP contribution < -0.4 is 5.32 Å². The predicted octanol–water partition coefficient (Wildman–Crippen LogP) is 2.01. The average Bonchev–Trinajstić information content (AvgIpc) is 2.92. The van der Waals surface area contributed by atoms with Crippen molar-refractivity contribution in [2.75, 3.05) is 6.54 Å². The van der Waals surface area contributed by atoms with E-state index in [1.54, 1.807) is 0 Å². The molecule has 2 bridgehead atoms. The van der Waals surface area contributed by atoms with Crippen LogP contribution in [-0.2, 0) is 9.31 Å². The molecule has 0 amide bonds. The molecular weight excluding hydrogens is 225 g/mol. The lowest BCUT2D eigenvalue weighted by molar-refractivity contribution is -0.199. The Hall–Kier alpha value is -0.0551. The molecule has 3 nitrogen and oxygen atoms in total. The fourth-order valence-corrected chi connectivity index (χ4v) is 5.01. The van der Waals surface area contributed by atoms with Gasteiger partial charge in [0.15, 0.2) is 0 Å². The third-order valence-electron chi connectivity index (χ3n) is 6.40. The van der Waals surface area contributed by atoms with Gasteiger partial charge in [0.25, 0.3) is 0 Å². The highest BCUT2D eigenvalue weighted by Crippen LogP contribution is 2.65. The Balaban J connectivity index is 1.57. The first kappa shape index (κ1) is 11.7. The zero-order valence-electron chi connectivity index (χ0n) is 11.7. The second-order valence-electron chi connectivity index (χ2n) is 7.54. The van der Waals surface area contributed by atoms with Crippen LogP contribution in [0.3, 0.4) is 0 Å². The summed E-state index contributed by atoms with van der Waals surface area (Å²) in [5, 5.41) is 3.52. The standard InChI is InChI=1S/C14H24BNO2/c1-13(2)9-7-10(13)14(3)11(8-9)17-15(18-14)12-5-4-6-16-12/h9-12,16H,4-8H2,1-3H3/t9-,10+,11+,12-,14+/m0/s1. The molecule has 3 saturated carbocycles. The SMILES string of the molecule is CC1(C)[C@H]2C[C@H]1[C@@]1(C)OB([C@@H]3CCCN3)O[C@@H]1C2. The fourth-order valence-electron chi connectivity index (χ4n) is 5.01. The molecule has 0 unspecified atom stereocenters. The van der Waals surface area contributed by atoms with Gasteiger partial charge in [-0.25, -0.2) is 0 Å². The minimum absolute atomic E-state index is 0.00218. The molecule has 5 aliphatic rings. The minimum atomic E-state index is -0.0345. The largest absolute Gasteiger partial charge is 0.475 e. The molecule has 3 aliphatic carbocycles. The van der Waals surface area contributed by atoms with Gasteiger partial charge in [-0.2, -0.15) is 0 Å². The van der Waals surface area contributed by atoms with Crippen LogP contribution >= 0.6 is 0 Å². The third kappa shape index (κ3) is 1.32. The molecular formula is C14H24BNO2. The Morgan fingerprint density at radius 3 is 2.72 bits per heavy atom. The summed E-state index contributed by atoms with van der Waals surface area (Å²) in [5.74, 6) is 1.95. The smallest absolute Gasteiger partial charge is 0.404 e. The van der Waals surface area contributed by atoms with E-state index in [1.807, 2.05) is 0 Å². The van der Waals surface area contributed by atoms with Crippen LogP contribution in [0.4, 0.5) is 0 Å². The van der Waals surface area contributed by atoms with Gasteiger partial charge in [0.1, 0.15) is 0 Å². The molecule has 100 valence electrons. The summed E-state index contributed by atoms with van der Waals surface area (Å²) in [7, 11) is -0.00218. The Morgan fingerprint density at radius 1 is 1.22 bits per heavy atom. The van der Waals surface area contributed by atoms with E-state index in [9.17, 15) is 0 Å². The zero-order valence-corrected chi connectivity index (χ0v) is 11.7. The predicted molar refractivity (Wildman–Crippen MR) is 71.1 cm³/mol. The molecule has 4 heteroatoms. The van der Waals surface area contributed by atoms with Crippen LogP contribution in [0.5, 0.6) is 0 Å². The second-order valence-corrected chi connectivity index (χ2v) is 7.54. The highest BCUT2D eigenvalue weighted by molar-refractivity contribution is 6.47. The normalized spacial score (nSPS) is 53.2. The Kier molecular flexibility index (Phi) is 2.30. The van der Waals surface area contributed by atoms with Gasteiger partial charge in [-0.3, -0.25) is 0 Å². The lowest BCUT2D eigenvalue weighted by Crippen LogP contribution is -2.65. The molecule has 0 spiro atoms. The second kappa shape index (κ2) is 3.53. The van der Waals surface area contributed by atoms with E-state index >= 15 is 0 Å². The number of hydrogen-bond acceptors (Lipinski definition) is 3. The van der Waals surface area contributed by atoms with Crippen molar-refractivity contribution in [3.63, 3.8) is 0 Å². The molecule has 2 aliphatic heterocycles. The molecule has 2 saturated heterocycles. The number of rotatable bonds is 1. The maximum Gasteiger partial charge on any atom is 0.475 e. The Labute approximate surface area is 110 Å². The van der Waals surface area contributed by atoms with Crippen LogP contribution in [0, 0.1) is 17.3 Å². The van der Waals surface area contributed by atoms with Crippen molar-refractivity contribution in [2.45, 2.75) is 64.1 Å². The quantitative estimate of drug-likeness (QED) is 0.721. The van der Waals surface area contributed by atoms with Crippen molar-refractivity contribution in [3.05, 3.63) is 0 Å². The average molecular weight is 249 g/mol. The highest BCUT2D eigenvalue weighted by Gasteiger charge is 2.68. The van der Waals surface area contributed by atoms with E-state index in [0.29, 0.717) is 23.4 Å². The first-order valence-electron chi connectivity index (χ1n) is 7.58. The van der Waals surface area contributed by atoms with Gasteiger partial charge >= 0.3 is 7.12 Å². The first-order chi connectivity index (χ1) is 8.52. The van der Waals surface area contributed by atoms with E-state index < -0.39 is 0 Å². The van der Waals surface area contributed by atoms with E-state index in [0.717, 1.165) is 12.5 Å². The third-order valence-corrected chi connectivity index (χ3v) is 6.40. The maximum atomic E-state index is 6.44. The van der Waals surface area contributed by atoms with Gasteiger partial charge in [0, 0.05) is 5.94 Å². The lowest BCUT2D eigenvalue weighted by atomic mass is 9.43. The van der Waals surface area contributed by atoms with Crippen molar-refractivity contribution in [2.24, 2.45) is 17.3 Å². The van der Waals surface area contributed by atoms with Crippen LogP contribution in [0.25, 0.3) is 0 Å². The Bertz CT molecular complexity index is 369. The van der Waals surface area contributed by atoms with Crippen molar-refractivity contribution in [3.8, 4) is 0 Å². The molecule has 2 heterocycles. The van der Waals surface area contributed by atoms with Crippen molar-refractivity contribution >= 4 is 7.12 Å². The van der Waals surface area contributed by atoms with Crippen LogP contribution in [-0.4, -0.2) is 31.3 Å². The van der Waals surface area contributed by atoms with Crippen molar-refractivity contribution in [1.82, 2.24) is 5.32 Å². The van der Waals surface area contributed by atoms with Crippen LogP contribution in [0.15, 0.2) is 0 Å². The number of hydrogen-bond donors (Lipinski definition) is 1. The fraction of sp³-hybridized carbons (Fsp3) is 1.00. The van der Waals surface area contributed by atoms with E-state index in [1.165, 1.54) is 25.7 Å². The van der Waals surface area contributed by atoms with Crippen molar-refractivity contribution < 1.29 is 9.31 Å². The first-order valence-corrected chi connectivity index (χ1v) is 7.58. The lowest BCUT2D eigenvalue weighted by Gasteiger charge is -2.64. The summed E-state index contributed by atoms with van der Waals surface area (Å²) < 4.78 is 12.7. The zero-order chi connectivity index (χ0) is 12.5. The summed E-state index contributed by atoms with van der Waals surface area (Å²) in [6, 6.07) is 0. The Morgan fingerprint density at radius 2 is 2.06 bits per heavy atom. The monoisotopic (exact) mass is 249 g/mol. The molecule has 5 rings (SSSR count). The van der Waals surface area contributed by atoms with Gasteiger partial charge in [0.2, 0.25) is 0 Å². The molecule has 18 heavy (non-hydrogen) atoms. The van der Waals surface area contributed by atoms with Gasteiger partial charge in [0.05, 0.1) is 11.7 Å². The molecule has 1 N–H and O–H groups in total. The van der Waals surface area contributed by atoms with Gasteiger partial charge in [-0.05, 0) is 56.4 Å². The van der Waals surface area contributed by atoms with Crippen LogP contribution in [0.2, 0.25) is 0 Å². The molecule has 0 aromatic carbocycles. The molecule has 0 aromatic heterocycles. The van der Waals surface area contributed by atoms with Gasteiger partial charge in [-0.15, -0.1) is 0 Å². The van der Waals surface area contributed by atoms with E-state index in [-0.39, 0.29) is 12.7 Å². The molecule has 0 radical (unpaired) electrons. The summed E-state index contributed by atoms with van der Waals surface area (Å²) in [6.07, 6.45) is 5.33. The summed E-state index contributed by atoms with van der Waals surface area (Å²) in [5.41, 5.74) is 0.416. The number of nitrogens with one attached hydrogen (secondary N) is 1. The van der Waals surface area contributed by atoms with Crippen molar-refractivity contribution in [1.29, 1.82) is 0 Å².